The number of nitro groups is 1. The quantitative estimate of drug-likeness (QED) is 0.222. The summed E-state index contributed by atoms with van der Waals surface area (Å²) in [5, 5.41) is 11.8. The summed E-state index contributed by atoms with van der Waals surface area (Å²) in [5.74, 6) is 5.10. The maximum absolute atomic E-state index is 11.9. The molecule has 7 heteroatoms. The first-order chi connectivity index (χ1) is 13.6. The Hall–Kier alpha value is -3.76. The highest BCUT2D eigenvalue weighted by Gasteiger charge is 2.18. The third-order valence-electron chi connectivity index (χ3n) is 3.92. The molecule has 0 aliphatic carbocycles. The Balaban J connectivity index is 1.90. The third kappa shape index (κ3) is 4.31. The van der Waals surface area contributed by atoms with Crippen molar-refractivity contribution in [2.24, 2.45) is 0 Å². The van der Waals surface area contributed by atoms with Gasteiger partial charge in [-0.05, 0) is 11.6 Å². The largest absolute Gasteiger partial charge is 0.464 e. The van der Waals surface area contributed by atoms with Crippen LogP contribution in [0.15, 0.2) is 54.6 Å². The molecule has 0 saturated carbocycles. The van der Waals surface area contributed by atoms with E-state index >= 15 is 0 Å². The normalized spacial score (nSPS) is 10.2. The van der Waals surface area contributed by atoms with Gasteiger partial charge in [-0.3, -0.25) is 10.1 Å². The average molecular weight is 376 g/mol. The number of pyridine rings is 1. The summed E-state index contributed by atoms with van der Waals surface area (Å²) in [7, 11) is 1.22. The van der Waals surface area contributed by atoms with Gasteiger partial charge in [0.1, 0.15) is 12.1 Å². The molecule has 28 heavy (non-hydrogen) atoms. The molecular formula is C21H16N2O5. The van der Waals surface area contributed by atoms with Crippen molar-refractivity contribution in [2.45, 2.75) is 6.61 Å². The SMILES string of the molecule is COC(=O)c1cc(C#CCOCc2ccccc2)c2cccc([N+](=O)[O-])c2n1. The van der Waals surface area contributed by atoms with Gasteiger partial charge < -0.3 is 9.47 Å². The van der Waals surface area contributed by atoms with Crippen LogP contribution in [0.25, 0.3) is 10.9 Å². The van der Waals surface area contributed by atoms with Crippen molar-refractivity contribution in [1.29, 1.82) is 0 Å². The molecule has 0 radical (unpaired) electrons. The van der Waals surface area contributed by atoms with Crippen LogP contribution in [0.4, 0.5) is 5.69 Å². The molecule has 1 heterocycles. The summed E-state index contributed by atoms with van der Waals surface area (Å²) in [5.41, 5.74) is 1.31. The van der Waals surface area contributed by atoms with Crippen molar-refractivity contribution in [1.82, 2.24) is 4.98 Å². The van der Waals surface area contributed by atoms with Crippen molar-refractivity contribution in [2.75, 3.05) is 13.7 Å². The summed E-state index contributed by atoms with van der Waals surface area (Å²) < 4.78 is 10.2. The fourth-order valence-corrected chi connectivity index (χ4v) is 2.62. The average Bonchev–Trinajstić information content (AvgIpc) is 2.72. The standard InChI is InChI=1S/C21H16N2O5/c1-27-21(24)18-13-16(9-6-12-28-14-15-7-3-2-4-8-15)17-10-5-11-19(23(25)26)20(17)22-18/h2-5,7-8,10-11,13H,12,14H2,1H3. The van der Waals surface area contributed by atoms with Crippen LogP contribution in [-0.2, 0) is 16.1 Å². The van der Waals surface area contributed by atoms with Crippen LogP contribution in [0.5, 0.6) is 0 Å². The van der Waals surface area contributed by atoms with E-state index in [0.29, 0.717) is 17.6 Å². The van der Waals surface area contributed by atoms with Gasteiger partial charge in [-0.15, -0.1) is 0 Å². The highest BCUT2D eigenvalue weighted by molar-refractivity contribution is 5.97. The van der Waals surface area contributed by atoms with Crippen molar-refractivity contribution < 1.29 is 19.2 Å². The molecule has 1 aromatic heterocycles. The summed E-state index contributed by atoms with van der Waals surface area (Å²) in [6.45, 7) is 0.590. The highest BCUT2D eigenvalue weighted by Crippen LogP contribution is 2.26. The predicted octanol–water partition coefficient (Wildman–Crippen LogP) is 3.50. The second-order valence-electron chi connectivity index (χ2n) is 5.76. The number of para-hydroxylation sites is 1. The zero-order valence-corrected chi connectivity index (χ0v) is 15.0. The van der Waals surface area contributed by atoms with E-state index in [1.807, 2.05) is 30.3 Å². The number of hydrogen-bond acceptors (Lipinski definition) is 6. The van der Waals surface area contributed by atoms with Gasteiger partial charge >= 0.3 is 5.97 Å². The molecule has 7 nitrogen and oxygen atoms in total. The number of carbonyl (C=O) groups excluding carboxylic acids is 1. The summed E-state index contributed by atoms with van der Waals surface area (Å²) in [4.78, 5) is 26.8. The van der Waals surface area contributed by atoms with E-state index in [1.165, 1.54) is 19.2 Å². The molecule has 0 unspecified atom stereocenters. The second kappa shape index (κ2) is 8.75. The zero-order chi connectivity index (χ0) is 19.9. The van der Waals surface area contributed by atoms with Crippen LogP contribution in [0, 0.1) is 22.0 Å². The first kappa shape index (κ1) is 19.0. The summed E-state index contributed by atoms with van der Waals surface area (Å²) in [6.07, 6.45) is 0. The number of ether oxygens (including phenoxy) is 2. The summed E-state index contributed by atoms with van der Waals surface area (Å²) >= 11 is 0. The number of benzene rings is 2. The molecule has 0 bridgehead atoms. The van der Waals surface area contributed by atoms with Gasteiger partial charge in [-0.1, -0.05) is 54.3 Å². The Morgan fingerprint density at radius 3 is 2.68 bits per heavy atom. The number of nitro benzene ring substituents is 1. The van der Waals surface area contributed by atoms with E-state index < -0.39 is 10.9 Å². The van der Waals surface area contributed by atoms with Gasteiger partial charge in [-0.2, -0.15) is 0 Å². The Bertz CT molecular complexity index is 1080. The Labute approximate surface area is 161 Å². The first-order valence-electron chi connectivity index (χ1n) is 8.37. The number of methoxy groups -OCH3 is 1. The maximum Gasteiger partial charge on any atom is 0.356 e. The molecule has 0 atom stereocenters. The Kier molecular flexibility index (Phi) is 5.94. The van der Waals surface area contributed by atoms with E-state index in [4.69, 9.17) is 4.74 Å². The minimum atomic E-state index is -0.691. The van der Waals surface area contributed by atoms with Gasteiger partial charge in [0.15, 0.2) is 5.69 Å². The number of non-ortho nitro benzene ring substituents is 1. The van der Waals surface area contributed by atoms with Crippen LogP contribution in [0.3, 0.4) is 0 Å². The molecule has 0 saturated heterocycles. The number of carbonyl (C=O) groups is 1. The summed E-state index contributed by atoms with van der Waals surface area (Å²) in [6, 6.07) is 15.7. The molecule has 3 aromatic rings. The maximum atomic E-state index is 11.9. The van der Waals surface area contributed by atoms with Crippen molar-refractivity contribution in [3.63, 3.8) is 0 Å². The molecule has 0 spiro atoms. The molecule has 140 valence electrons. The van der Waals surface area contributed by atoms with Gasteiger partial charge in [0.2, 0.25) is 0 Å². The topological polar surface area (TPSA) is 91.6 Å². The minimum Gasteiger partial charge on any atom is -0.464 e. The van der Waals surface area contributed by atoms with E-state index in [2.05, 4.69) is 21.6 Å². The van der Waals surface area contributed by atoms with Crippen molar-refractivity contribution in [3.05, 3.63) is 81.5 Å². The molecule has 2 aromatic carbocycles. The molecule has 0 amide bonds. The number of rotatable bonds is 5. The predicted molar refractivity (Wildman–Crippen MR) is 103 cm³/mol. The van der Waals surface area contributed by atoms with Crippen molar-refractivity contribution >= 4 is 22.6 Å². The number of hydrogen-bond donors (Lipinski definition) is 0. The van der Waals surface area contributed by atoms with Crippen molar-refractivity contribution in [3.8, 4) is 11.8 Å². The van der Waals surface area contributed by atoms with E-state index in [0.717, 1.165) is 5.56 Å². The lowest BCUT2D eigenvalue weighted by Crippen LogP contribution is -2.06. The smallest absolute Gasteiger partial charge is 0.356 e. The fraction of sp³-hybridized carbons (Fsp3) is 0.143. The zero-order valence-electron chi connectivity index (χ0n) is 15.0. The molecule has 0 N–H and O–H groups in total. The van der Waals surface area contributed by atoms with E-state index in [1.54, 1.807) is 12.1 Å². The highest BCUT2D eigenvalue weighted by atomic mass is 16.6. The lowest BCUT2D eigenvalue weighted by molar-refractivity contribution is -0.383. The van der Waals surface area contributed by atoms with Crippen LogP contribution in [-0.4, -0.2) is 29.6 Å². The van der Waals surface area contributed by atoms with Crippen LogP contribution < -0.4 is 0 Å². The Morgan fingerprint density at radius 2 is 1.96 bits per heavy atom. The van der Waals surface area contributed by atoms with Gasteiger partial charge in [-0.25, -0.2) is 9.78 Å². The number of fused-ring (bicyclic) bond motifs is 1. The molecular weight excluding hydrogens is 360 g/mol. The molecule has 0 fully saturated rings. The van der Waals surface area contributed by atoms with Gasteiger partial charge in [0, 0.05) is 17.0 Å². The Morgan fingerprint density at radius 1 is 1.18 bits per heavy atom. The molecule has 0 aliphatic rings. The van der Waals surface area contributed by atoms with Crippen LogP contribution >= 0.6 is 0 Å². The minimum absolute atomic E-state index is 0.0428. The monoisotopic (exact) mass is 376 g/mol. The number of esters is 1. The van der Waals surface area contributed by atoms with E-state index in [9.17, 15) is 14.9 Å². The second-order valence-corrected chi connectivity index (χ2v) is 5.76. The lowest BCUT2D eigenvalue weighted by Gasteiger charge is -2.05. The van der Waals surface area contributed by atoms with Crippen LogP contribution in [0.1, 0.15) is 21.6 Å². The van der Waals surface area contributed by atoms with Gasteiger partial charge in [0.05, 0.1) is 18.6 Å². The third-order valence-corrected chi connectivity index (χ3v) is 3.92. The lowest BCUT2D eigenvalue weighted by atomic mass is 10.1. The molecule has 3 rings (SSSR count). The first-order valence-corrected chi connectivity index (χ1v) is 8.37. The number of nitrogens with zero attached hydrogens (tertiary/aromatic N) is 2. The molecule has 0 aliphatic heterocycles. The van der Waals surface area contributed by atoms with E-state index in [-0.39, 0.29) is 23.5 Å². The fourth-order valence-electron chi connectivity index (χ4n) is 2.62. The van der Waals surface area contributed by atoms with Crippen LogP contribution in [0.2, 0.25) is 0 Å². The number of aromatic nitrogens is 1. The van der Waals surface area contributed by atoms with Gasteiger partial charge in [0.25, 0.3) is 5.69 Å².